The van der Waals surface area contributed by atoms with Crippen molar-refractivity contribution in [2.75, 3.05) is 18.0 Å². The Morgan fingerprint density at radius 3 is 2.55 bits per heavy atom. The number of piperazine rings is 1. The molecule has 0 radical (unpaired) electrons. The molecule has 0 bridgehead atoms. The monoisotopic (exact) mass is 539 g/mol. The molecule has 2 aromatic carbocycles. The van der Waals surface area contributed by atoms with Crippen molar-refractivity contribution in [1.29, 1.82) is 0 Å². The Bertz CT molecular complexity index is 1560. The third-order valence-electron chi connectivity index (χ3n) is 6.68. The molecule has 7 nitrogen and oxygen atoms in total. The number of ether oxygens (including phenoxy) is 1. The first-order valence-electron chi connectivity index (χ1n) is 12.4. The number of hydrogen-bond acceptors (Lipinski definition) is 6. The van der Waals surface area contributed by atoms with Gasteiger partial charge in [0, 0.05) is 42.3 Å². The number of amides is 1. The maximum atomic E-state index is 16.0. The quantitative estimate of drug-likeness (QED) is 0.285. The van der Waals surface area contributed by atoms with E-state index in [1.54, 1.807) is 29.2 Å². The number of benzene rings is 2. The van der Waals surface area contributed by atoms with Crippen molar-refractivity contribution in [2.24, 2.45) is 0 Å². The second kappa shape index (κ2) is 9.62. The van der Waals surface area contributed by atoms with Crippen LogP contribution in [-0.2, 0) is 4.74 Å². The summed E-state index contributed by atoms with van der Waals surface area (Å²) in [6.07, 6.45) is 2.48. The van der Waals surface area contributed by atoms with Crippen LogP contribution in [0.1, 0.15) is 34.6 Å². The first-order valence-corrected chi connectivity index (χ1v) is 12.8. The smallest absolute Gasteiger partial charge is 0.410 e. The zero-order valence-electron chi connectivity index (χ0n) is 21.8. The second-order valence-corrected chi connectivity index (χ2v) is 11.0. The predicted octanol–water partition coefficient (Wildman–Crippen LogP) is 6.61. The number of halogens is 3. The lowest BCUT2D eigenvalue weighted by atomic mass is 10.0. The van der Waals surface area contributed by atoms with E-state index in [-0.39, 0.29) is 34.4 Å². The fraction of sp³-hybridized carbons (Fsp3) is 0.357. The number of carbonyl (C=O) groups excluding carboxylic acids is 1. The number of anilines is 1. The predicted molar refractivity (Wildman–Crippen MR) is 144 cm³/mol. The molecule has 2 atom stereocenters. The van der Waals surface area contributed by atoms with E-state index in [2.05, 4.69) is 15.0 Å². The van der Waals surface area contributed by atoms with Crippen molar-refractivity contribution >= 4 is 45.2 Å². The lowest BCUT2D eigenvalue weighted by molar-refractivity contribution is 0.0130. The summed E-state index contributed by atoms with van der Waals surface area (Å²) in [6, 6.07) is 7.77. The maximum absolute atomic E-state index is 16.0. The molecular weight excluding hydrogens is 512 g/mol. The van der Waals surface area contributed by atoms with Crippen LogP contribution in [-0.4, -0.2) is 56.7 Å². The zero-order chi connectivity index (χ0) is 27.4. The third kappa shape index (κ3) is 4.60. The number of fused-ring (bicyclic) bond motifs is 2. The highest BCUT2D eigenvalue weighted by Crippen LogP contribution is 2.38. The minimum atomic E-state index is -0.646. The Morgan fingerprint density at radius 1 is 1.05 bits per heavy atom. The summed E-state index contributed by atoms with van der Waals surface area (Å²) in [4.78, 5) is 29.6. The molecular formula is C28H28ClF2N5O2. The van der Waals surface area contributed by atoms with Gasteiger partial charge in [-0.05, 0) is 46.1 Å². The van der Waals surface area contributed by atoms with Crippen LogP contribution in [0.2, 0.25) is 5.02 Å². The van der Waals surface area contributed by atoms with Crippen LogP contribution in [0.25, 0.3) is 32.9 Å². The molecule has 3 heterocycles. The molecule has 0 spiro atoms. The molecule has 1 amide bonds. The Balaban J connectivity index is 1.54. The molecule has 1 aliphatic rings. The zero-order valence-corrected chi connectivity index (χ0v) is 22.6. The minimum absolute atomic E-state index is 0.0245. The highest BCUT2D eigenvalue weighted by atomic mass is 35.5. The molecule has 10 heteroatoms. The molecule has 0 N–H and O–H groups in total. The van der Waals surface area contributed by atoms with Gasteiger partial charge in [-0.2, -0.15) is 0 Å². The molecule has 1 saturated heterocycles. The topological polar surface area (TPSA) is 71.5 Å². The summed E-state index contributed by atoms with van der Waals surface area (Å²) in [7, 11) is 0. The normalized spacial score (nSPS) is 18.3. The van der Waals surface area contributed by atoms with E-state index in [9.17, 15) is 9.18 Å². The van der Waals surface area contributed by atoms with Gasteiger partial charge >= 0.3 is 6.09 Å². The van der Waals surface area contributed by atoms with Crippen LogP contribution in [0.3, 0.4) is 0 Å². The van der Waals surface area contributed by atoms with Gasteiger partial charge in [-0.1, -0.05) is 35.9 Å². The summed E-state index contributed by atoms with van der Waals surface area (Å²) >= 11 is 6.28. The van der Waals surface area contributed by atoms with Crippen LogP contribution in [0.4, 0.5) is 19.4 Å². The SMILES string of the molecule is C[C@@H]1CN(c2ncnc3c(F)c(-c4cccc5ccc(F)c(Cl)c45)ncc23)[C@@H](C)CN1C(=O)OC(C)(C)C. The first kappa shape index (κ1) is 26.0. The Morgan fingerprint density at radius 2 is 1.82 bits per heavy atom. The molecule has 38 heavy (non-hydrogen) atoms. The van der Waals surface area contributed by atoms with Crippen LogP contribution in [0.5, 0.6) is 0 Å². The highest BCUT2D eigenvalue weighted by molar-refractivity contribution is 6.36. The van der Waals surface area contributed by atoms with Gasteiger partial charge in [0.15, 0.2) is 5.82 Å². The van der Waals surface area contributed by atoms with Crippen LogP contribution < -0.4 is 4.90 Å². The first-order chi connectivity index (χ1) is 18.0. The van der Waals surface area contributed by atoms with Gasteiger partial charge in [0.05, 0.1) is 10.4 Å². The van der Waals surface area contributed by atoms with E-state index in [0.717, 1.165) is 0 Å². The number of carbonyl (C=O) groups is 1. The van der Waals surface area contributed by atoms with E-state index in [1.807, 2.05) is 39.5 Å². The third-order valence-corrected chi connectivity index (χ3v) is 7.05. The molecule has 1 aliphatic heterocycles. The number of pyridine rings is 1. The lowest BCUT2D eigenvalue weighted by Crippen LogP contribution is -2.59. The van der Waals surface area contributed by atoms with Gasteiger partial charge in [0.25, 0.3) is 0 Å². The average Bonchev–Trinajstić information content (AvgIpc) is 2.86. The Kier molecular flexibility index (Phi) is 6.59. The fourth-order valence-electron chi connectivity index (χ4n) is 4.90. The fourth-order valence-corrected chi connectivity index (χ4v) is 5.17. The van der Waals surface area contributed by atoms with E-state index in [1.165, 1.54) is 18.6 Å². The molecule has 4 aromatic rings. The van der Waals surface area contributed by atoms with E-state index >= 15 is 4.39 Å². The van der Waals surface area contributed by atoms with Crippen LogP contribution in [0.15, 0.2) is 42.9 Å². The Hall–Kier alpha value is -3.59. The summed E-state index contributed by atoms with van der Waals surface area (Å²) in [6.45, 7) is 10.3. The second-order valence-electron chi connectivity index (χ2n) is 10.6. The van der Waals surface area contributed by atoms with E-state index in [4.69, 9.17) is 16.3 Å². The molecule has 5 rings (SSSR count). The van der Waals surface area contributed by atoms with Crippen LogP contribution in [0, 0.1) is 11.6 Å². The van der Waals surface area contributed by atoms with Gasteiger partial charge in [-0.25, -0.2) is 23.5 Å². The standard InChI is InChI=1S/C28H28ClF2N5O2/c1-15-13-36(27(37)38-28(3,4)5)16(2)12-35(15)26-19-11-32-24(23(31)25(19)33-14-34-26)18-8-6-7-17-9-10-20(30)22(29)21(17)18/h6-11,14-16H,12-13H2,1-5H3/t15-,16+/m0/s1. The Labute approximate surface area is 224 Å². The average molecular weight is 540 g/mol. The highest BCUT2D eigenvalue weighted by Gasteiger charge is 2.36. The number of nitrogens with zero attached hydrogens (tertiary/aromatic N) is 5. The van der Waals surface area contributed by atoms with Crippen molar-refractivity contribution < 1.29 is 18.3 Å². The summed E-state index contributed by atoms with van der Waals surface area (Å²) in [5.74, 6) is -0.712. The minimum Gasteiger partial charge on any atom is -0.444 e. The van der Waals surface area contributed by atoms with Crippen molar-refractivity contribution in [3.05, 3.63) is 59.5 Å². The molecule has 0 saturated carbocycles. The van der Waals surface area contributed by atoms with Gasteiger partial charge in [0.1, 0.15) is 34.8 Å². The van der Waals surface area contributed by atoms with E-state index < -0.39 is 17.2 Å². The van der Waals surface area contributed by atoms with Gasteiger partial charge in [0.2, 0.25) is 0 Å². The van der Waals surface area contributed by atoms with Crippen molar-refractivity contribution in [3.63, 3.8) is 0 Å². The van der Waals surface area contributed by atoms with Crippen molar-refractivity contribution in [1.82, 2.24) is 19.9 Å². The maximum Gasteiger partial charge on any atom is 0.410 e. The van der Waals surface area contributed by atoms with Crippen LogP contribution >= 0.6 is 11.6 Å². The van der Waals surface area contributed by atoms with Gasteiger partial charge < -0.3 is 14.5 Å². The van der Waals surface area contributed by atoms with Crippen molar-refractivity contribution in [2.45, 2.75) is 52.3 Å². The summed E-state index contributed by atoms with van der Waals surface area (Å²) < 4.78 is 35.8. The number of hydrogen-bond donors (Lipinski definition) is 0. The number of rotatable bonds is 2. The molecule has 0 unspecified atom stereocenters. The molecule has 2 aromatic heterocycles. The largest absolute Gasteiger partial charge is 0.444 e. The van der Waals surface area contributed by atoms with Crippen molar-refractivity contribution in [3.8, 4) is 11.3 Å². The lowest BCUT2D eigenvalue weighted by Gasteiger charge is -2.44. The van der Waals surface area contributed by atoms with E-state index in [0.29, 0.717) is 40.6 Å². The van der Waals surface area contributed by atoms with Gasteiger partial charge in [-0.3, -0.25) is 4.98 Å². The summed E-state index contributed by atoms with van der Waals surface area (Å²) in [5.41, 5.74) is -0.101. The molecule has 198 valence electrons. The molecule has 0 aliphatic carbocycles. The number of aromatic nitrogens is 3. The summed E-state index contributed by atoms with van der Waals surface area (Å²) in [5, 5.41) is 1.41. The van der Waals surface area contributed by atoms with Gasteiger partial charge in [-0.15, -0.1) is 0 Å². The molecule has 1 fully saturated rings.